The van der Waals surface area contributed by atoms with Crippen LogP contribution in [0.3, 0.4) is 0 Å². The summed E-state index contributed by atoms with van der Waals surface area (Å²) in [6.45, 7) is 0. The molecule has 12 heteroatoms. The van der Waals surface area contributed by atoms with Gasteiger partial charge in [0.15, 0.2) is 22.8 Å². The first-order valence-corrected chi connectivity index (χ1v) is 10.8. The minimum atomic E-state index is -0.541. The average Bonchev–Trinajstić information content (AvgIpc) is 3.36. The van der Waals surface area contributed by atoms with Gasteiger partial charge in [0.1, 0.15) is 52.9 Å². The van der Waals surface area contributed by atoms with Gasteiger partial charge in [0, 0.05) is 27.3 Å². The summed E-state index contributed by atoms with van der Waals surface area (Å²) >= 11 is 5.85. The first-order chi connectivity index (χ1) is 18.3. The van der Waals surface area contributed by atoms with Crippen LogP contribution in [-0.4, -0.2) is 31.5 Å². The molecule has 0 saturated heterocycles. The van der Waals surface area contributed by atoms with Crippen LogP contribution >= 0.6 is 11.6 Å². The lowest BCUT2D eigenvalue weighted by molar-refractivity contribution is 0.103. The zero-order chi connectivity index (χ0) is 27.1. The van der Waals surface area contributed by atoms with Crippen LogP contribution in [0, 0.1) is 51.1 Å². The molecule has 0 fully saturated rings. The van der Waals surface area contributed by atoms with E-state index in [-0.39, 0.29) is 51.2 Å². The predicted molar refractivity (Wildman–Crippen MR) is 126 cm³/mol. The van der Waals surface area contributed by atoms with Crippen LogP contribution in [0.5, 0.6) is 0 Å². The predicted octanol–water partition coefficient (Wildman–Crippen LogP) is 3.66. The second-order valence-electron chi connectivity index (χ2n) is 7.72. The highest BCUT2D eigenvalue weighted by molar-refractivity contribution is 6.32. The van der Waals surface area contributed by atoms with Crippen LogP contribution < -0.4 is 0 Å². The molecule has 0 N–H and O–H groups in total. The van der Waals surface area contributed by atoms with Gasteiger partial charge in [-0.3, -0.25) is 9.59 Å². The van der Waals surface area contributed by atoms with Gasteiger partial charge in [-0.15, -0.1) is 0 Å². The van der Waals surface area contributed by atoms with Gasteiger partial charge < -0.3 is 0 Å². The van der Waals surface area contributed by atoms with Crippen LogP contribution in [0.1, 0.15) is 54.9 Å². The van der Waals surface area contributed by atoms with Crippen LogP contribution in [0.4, 0.5) is 4.39 Å². The van der Waals surface area contributed by atoms with Gasteiger partial charge in [-0.25, -0.2) is 24.3 Å². The maximum absolute atomic E-state index is 13.2. The molecule has 2 aliphatic carbocycles. The van der Waals surface area contributed by atoms with E-state index in [1.54, 1.807) is 36.4 Å². The van der Waals surface area contributed by atoms with Crippen molar-refractivity contribution < 1.29 is 14.0 Å². The largest absolute Gasteiger partial charge is 0.287 e. The van der Waals surface area contributed by atoms with E-state index in [1.807, 2.05) is 0 Å². The third-order valence-electron chi connectivity index (χ3n) is 5.61. The van der Waals surface area contributed by atoms with Crippen LogP contribution in [0.15, 0.2) is 36.4 Å². The number of fused-ring (bicyclic) bond motifs is 6. The fourth-order valence-corrected chi connectivity index (χ4v) is 4.12. The molecule has 176 valence electrons. The zero-order valence-electron chi connectivity index (χ0n) is 18.6. The van der Waals surface area contributed by atoms with Crippen molar-refractivity contribution in [2.45, 2.75) is 0 Å². The van der Waals surface area contributed by atoms with Crippen molar-refractivity contribution in [3.63, 3.8) is 0 Å². The molecule has 38 heavy (non-hydrogen) atoms. The third-order valence-corrected chi connectivity index (χ3v) is 5.84. The van der Waals surface area contributed by atoms with Gasteiger partial charge in [-0.1, -0.05) is 17.7 Å². The first kappa shape index (κ1) is 23.8. The summed E-state index contributed by atoms with van der Waals surface area (Å²) in [5.41, 5.74) is 1.58. The summed E-state index contributed by atoms with van der Waals surface area (Å²) in [5, 5.41) is 36.0. The molecule has 6 rings (SSSR count). The maximum atomic E-state index is 13.2. The monoisotopic (exact) mass is 516 g/mol. The quantitative estimate of drug-likeness (QED) is 0.289. The van der Waals surface area contributed by atoms with Crippen molar-refractivity contribution in [3.05, 3.63) is 92.5 Å². The normalized spacial score (nSPS) is 11.4. The molecule has 0 bridgehead atoms. The molecule has 2 aromatic heterocycles. The van der Waals surface area contributed by atoms with E-state index in [9.17, 15) is 14.0 Å². The molecule has 2 heterocycles. The summed E-state index contributed by atoms with van der Waals surface area (Å²) < 4.78 is 13.2. The highest BCUT2D eigenvalue weighted by Gasteiger charge is 2.32. The lowest BCUT2D eigenvalue weighted by Gasteiger charge is -1.99. The smallest absolute Gasteiger partial charge is 0.214 e. The lowest BCUT2D eigenvalue weighted by Crippen LogP contribution is -2.04. The molecular weight excluding hydrogens is 511 g/mol. The number of aromatic nitrogens is 4. The molecule has 0 spiro atoms. The van der Waals surface area contributed by atoms with Gasteiger partial charge in [-0.05, 0) is 30.3 Å². The third kappa shape index (κ3) is 3.61. The van der Waals surface area contributed by atoms with Crippen molar-refractivity contribution in [1.29, 1.82) is 21.0 Å². The number of hydrogen-bond donors (Lipinski definition) is 0. The topological polar surface area (TPSA) is 181 Å². The number of carbonyl (C=O) groups excluding carboxylic acids is 2. The van der Waals surface area contributed by atoms with Crippen molar-refractivity contribution in [1.82, 2.24) is 19.9 Å². The number of nitrogens with zero attached hydrogens (tertiary/aromatic N) is 8. The maximum Gasteiger partial charge on any atom is 0.214 e. The highest BCUT2D eigenvalue weighted by atomic mass is 35.5. The molecule has 0 aliphatic heterocycles. The molecule has 4 aromatic rings. The van der Waals surface area contributed by atoms with Crippen molar-refractivity contribution in [2.24, 2.45) is 0 Å². The number of benzene rings is 2. The second kappa shape index (κ2) is 8.96. The summed E-state index contributed by atoms with van der Waals surface area (Å²) in [6, 6.07) is 15.6. The summed E-state index contributed by atoms with van der Waals surface area (Å²) in [6.07, 6.45) is 0. The Morgan fingerprint density at radius 2 is 0.974 bits per heavy atom. The van der Waals surface area contributed by atoms with E-state index >= 15 is 0 Å². The minimum absolute atomic E-state index is 0.0175. The van der Waals surface area contributed by atoms with Gasteiger partial charge in [0.05, 0.1) is 0 Å². The molecule has 2 aromatic carbocycles. The van der Waals surface area contributed by atoms with Crippen molar-refractivity contribution in [3.8, 4) is 46.8 Å². The Morgan fingerprint density at radius 1 is 0.579 bits per heavy atom. The number of nitriles is 4. The van der Waals surface area contributed by atoms with Crippen molar-refractivity contribution in [2.75, 3.05) is 0 Å². The van der Waals surface area contributed by atoms with E-state index < -0.39 is 11.6 Å². The lowest BCUT2D eigenvalue weighted by atomic mass is 10.1. The SMILES string of the molecule is N#Cc1nc2c(nc1C#N)-c1ccc(Cl)cc1C2=O.N#Cc1nc2c(nc1C#N)-c1ccc(F)cc1C2=O. The molecule has 0 saturated carbocycles. The molecule has 0 amide bonds. The fourth-order valence-electron chi connectivity index (χ4n) is 3.95. The van der Waals surface area contributed by atoms with E-state index in [2.05, 4.69) is 19.9 Å². The molecule has 0 atom stereocenters. The van der Waals surface area contributed by atoms with E-state index in [4.69, 9.17) is 32.6 Å². The van der Waals surface area contributed by atoms with E-state index in [1.165, 1.54) is 18.2 Å². The number of hydrogen-bond acceptors (Lipinski definition) is 10. The molecule has 0 radical (unpaired) electrons. The Balaban J connectivity index is 0.000000155. The standard InChI is InChI=1S/C13H3ClN4O.C13H3FN4O/c2*14-6-1-2-7-8(3-6)13(19)12-11(7)17-9(4-15)10(5-16)18-12/h2*1-3H. The van der Waals surface area contributed by atoms with Gasteiger partial charge in [-0.2, -0.15) is 21.0 Å². The molecular formula is C26H6ClFN8O2. The van der Waals surface area contributed by atoms with Crippen LogP contribution in [0.25, 0.3) is 22.5 Å². The Morgan fingerprint density at radius 3 is 1.42 bits per heavy atom. The van der Waals surface area contributed by atoms with Gasteiger partial charge >= 0.3 is 0 Å². The summed E-state index contributed by atoms with van der Waals surface area (Å²) in [5.74, 6) is -1.36. The first-order valence-electron chi connectivity index (χ1n) is 10.4. The Bertz CT molecular complexity index is 1800. The number of ketones is 2. The Hall–Kier alpha value is -5.88. The van der Waals surface area contributed by atoms with E-state index in [0.717, 1.165) is 6.07 Å². The zero-order valence-corrected chi connectivity index (χ0v) is 19.4. The van der Waals surface area contributed by atoms with Crippen LogP contribution in [-0.2, 0) is 0 Å². The Kier molecular flexibility index (Phi) is 5.62. The fraction of sp³-hybridized carbons (Fsp3) is 0. The van der Waals surface area contributed by atoms with E-state index in [0.29, 0.717) is 27.4 Å². The molecule has 10 nitrogen and oxygen atoms in total. The number of carbonyl (C=O) groups is 2. The van der Waals surface area contributed by atoms with Crippen molar-refractivity contribution >= 4 is 23.2 Å². The number of rotatable bonds is 0. The molecule has 2 aliphatic rings. The van der Waals surface area contributed by atoms with Gasteiger partial charge in [0.25, 0.3) is 0 Å². The Labute approximate surface area is 217 Å². The minimum Gasteiger partial charge on any atom is -0.287 e. The average molecular weight is 517 g/mol. The van der Waals surface area contributed by atoms with Gasteiger partial charge in [0.2, 0.25) is 11.6 Å². The summed E-state index contributed by atoms with van der Waals surface area (Å²) in [7, 11) is 0. The van der Waals surface area contributed by atoms with Crippen LogP contribution in [0.2, 0.25) is 5.02 Å². The highest BCUT2D eigenvalue weighted by Crippen LogP contribution is 2.36. The summed E-state index contributed by atoms with van der Waals surface area (Å²) in [4.78, 5) is 40.0. The second-order valence-corrected chi connectivity index (χ2v) is 8.16. The number of halogens is 2. The molecule has 0 unspecified atom stereocenters.